The highest BCUT2D eigenvalue weighted by molar-refractivity contribution is 5.06. The summed E-state index contributed by atoms with van der Waals surface area (Å²) >= 11 is 0. The third-order valence-electron chi connectivity index (χ3n) is 2.58. The van der Waals surface area contributed by atoms with E-state index in [0.29, 0.717) is 13.2 Å². The molecule has 4 heteroatoms. The molecule has 0 aliphatic rings. The highest BCUT2D eigenvalue weighted by Crippen LogP contribution is 2.11. The first-order valence-electron chi connectivity index (χ1n) is 6.92. The van der Waals surface area contributed by atoms with Crippen molar-refractivity contribution in [1.82, 2.24) is 5.32 Å². The average molecular weight is 269 g/mol. The van der Waals surface area contributed by atoms with Crippen LogP contribution in [0, 0.1) is 0 Å². The van der Waals surface area contributed by atoms with Crippen LogP contribution < -0.4 is 5.32 Å². The average Bonchev–Trinajstić information content (AvgIpc) is 2.78. The Balaban J connectivity index is 2.30. The van der Waals surface area contributed by atoms with E-state index in [0.717, 1.165) is 24.7 Å². The molecule has 110 valence electrons. The summed E-state index contributed by atoms with van der Waals surface area (Å²) in [6, 6.07) is 3.96. The molecule has 0 aromatic carbocycles. The third-order valence-corrected chi connectivity index (χ3v) is 2.58. The van der Waals surface area contributed by atoms with E-state index in [4.69, 9.17) is 13.9 Å². The number of furan rings is 1. The van der Waals surface area contributed by atoms with Crippen LogP contribution in [0.1, 0.15) is 46.1 Å². The fourth-order valence-corrected chi connectivity index (χ4v) is 1.50. The minimum absolute atomic E-state index is 0.0844. The molecule has 4 nitrogen and oxygen atoms in total. The van der Waals surface area contributed by atoms with Crippen molar-refractivity contribution in [1.29, 1.82) is 0 Å². The van der Waals surface area contributed by atoms with Gasteiger partial charge in [0, 0.05) is 12.1 Å². The van der Waals surface area contributed by atoms with Gasteiger partial charge in [0.1, 0.15) is 18.1 Å². The minimum Gasteiger partial charge on any atom is -0.462 e. The van der Waals surface area contributed by atoms with Gasteiger partial charge in [0.05, 0.1) is 19.3 Å². The van der Waals surface area contributed by atoms with Crippen molar-refractivity contribution in [2.45, 2.75) is 59.4 Å². The molecular formula is C15H27NO3. The molecule has 1 atom stereocenters. The Kier molecular flexibility index (Phi) is 6.55. The van der Waals surface area contributed by atoms with Crippen molar-refractivity contribution < 1.29 is 13.9 Å². The Morgan fingerprint density at radius 2 is 1.95 bits per heavy atom. The van der Waals surface area contributed by atoms with Gasteiger partial charge in [-0.1, -0.05) is 0 Å². The number of hydrogen-bond acceptors (Lipinski definition) is 4. The Morgan fingerprint density at radius 3 is 2.58 bits per heavy atom. The molecule has 0 amide bonds. The zero-order valence-corrected chi connectivity index (χ0v) is 12.8. The summed E-state index contributed by atoms with van der Waals surface area (Å²) in [5, 5.41) is 3.39. The van der Waals surface area contributed by atoms with Crippen LogP contribution in [0.25, 0.3) is 0 Å². The maximum absolute atomic E-state index is 5.71. The van der Waals surface area contributed by atoms with Crippen LogP contribution in [0.5, 0.6) is 0 Å². The van der Waals surface area contributed by atoms with Gasteiger partial charge in [-0.2, -0.15) is 0 Å². The molecule has 0 saturated heterocycles. The lowest BCUT2D eigenvalue weighted by Gasteiger charge is -2.19. The van der Waals surface area contributed by atoms with Gasteiger partial charge in [0.15, 0.2) is 0 Å². The van der Waals surface area contributed by atoms with E-state index in [9.17, 15) is 0 Å². The number of hydrogen-bond donors (Lipinski definition) is 1. The zero-order chi connectivity index (χ0) is 14.3. The van der Waals surface area contributed by atoms with Gasteiger partial charge in [-0.15, -0.1) is 0 Å². The van der Waals surface area contributed by atoms with Crippen molar-refractivity contribution in [2.24, 2.45) is 0 Å². The first kappa shape index (κ1) is 16.2. The van der Waals surface area contributed by atoms with Crippen LogP contribution >= 0.6 is 0 Å². The van der Waals surface area contributed by atoms with Gasteiger partial charge in [-0.25, -0.2) is 0 Å². The number of rotatable bonds is 8. The molecule has 1 heterocycles. The number of nitrogens with one attached hydrogen (secondary N) is 1. The van der Waals surface area contributed by atoms with Crippen LogP contribution in [0.4, 0.5) is 0 Å². The van der Waals surface area contributed by atoms with E-state index < -0.39 is 0 Å². The van der Waals surface area contributed by atoms with E-state index in [1.54, 1.807) is 0 Å². The molecule has 19 heavy (non-hydrogen) atoms. The van der Waals surface area contributed by atoms with Crippen LogP contribution in [0.3, 0.4) is 0 Å². The third kappa shape index (κ3) is 7.35. The van der Waals surface area contributed by atoms with Crippen molar-refractivity contribution in [3.05, 3.63) is 23.7 Å². The lowest BCUT2D eigenvalue weighted by molar-refractivity contribution is -0.0173. The molecule has 0 aliphatic carbocycles. The first-order valence-corrected chi connectivity index (χ1v) is 6.92. The molecule has 0 fully saturated rings. The van der Waals surface area contributed by atoms with Crippen molar-refractivity contribution >= 4 is 0 Å². The molecule has 1 aromatic heterocycles. The van der Waals surface area contributed by atoms with Crippen LogP contribution in [-0.4, -0.2) is 24.9 Å². The predicted molar refractivity (Wildman–Crippen MR) is 76.0 cm³/mol. The van der Waals surface area contributed by atoms with Gasteiger partial charge in [-0.05, 0) is 46.8 Å². The van der Waals surface area contributed by atoms with Crippen molar-refractivity contribution in [3.63, 3.8) is 0 Å². The summed E-state index contributed by atoms with van der Waals surface area (Å²) < 4.78 is 16.7. The molecule has 1 N–H and O–H groups in total. The monoisotopic (exact) mass is 269 g/mol. The van der Waals surface area contributed by atoms with Gasteiger partial charge in [0.2, 0.25) is 0 Å². The topological polar surface area (TPSA) is 43.6 Å². The Labute approximate surface area is 116 Å². The Hall–Kier alpha value is -0.840. The fourth-order valence-electron chi connectivity index (χ4n) is 1.50. The van der Waals surface area contributed by atoms with Crippen LogP contribution in [-0.2, 0) is 22.6 Å². The maximum Gasteiger partial charge on any atom is 0.129 e. The molecule has 0 spiro atoms. The molecular weight excluding hydrogens is 242 g/mol. The molecule has 1 unspecified atom stereocenters. The van der Waals surface area contributed by atoms with Crippen LogP contribution in [0.2, 0.25) is 0 Å². The minimum atomic E-state index is 0.0844. The normalized spacial score (nSPS) is 13.7. The van der Waals surface area contributed by atoms with Gasteiger partial charge < -0.3 is 19.2 Å². The highest BCUT2D eigenvalue weighted by Gasteiger charge is 2.11. The zero-order valence-electron chi connectivity index (χ0n) is 12.8. The SMILES string of the molecule is CCOCC(C)OCc1ccc(CNC(C)(C)C)o1. The largest absolute Gasteiger partial charge is 0.462 e. The molecule has 1 aromatic rings. The summed E-state index contributed by atoms with van der Waals surface area (Å²) in [5.74, 6) is 1.79. The summed E-state index contributed by atoms with van der Waals surface area (Å²) in [6.45, 7) is 12.9. The van der Waals surface area contributed by atoms with E-state index in [1.165, 1.54) is 0 Å². The molecule has 1 rings (SSSR count). The maximum atomic E-state index is 5.71. The summed E-state index contributed by atoms with van der Waals surface area (Å²) in [6.07, 6.45) is 0.0844. The standard InChI is InChI=1S/C15H27NO3/c1-6-17-10-12(2)18-11-14-8-7-13(19-14)9-16-15(3,4)5/h7-8,12,16H,6,9-11H2,1-5H3. The fraction of sp³-hybridized carbons (Fsp3) is 0.733. The molecule has 0 aliphatic heterocycles. The second-order valence-electron chi connectivity index (χ2n) is 5.75. The lowest BCUT2D eigenvalue weighted by Crippen LogP contribution is -2.34. The quantitative estimate of drug-likeness (QED) is 0.787. The van der Waals surface area contributed by atoms with E-state index in [-0.39, 0.29) is 11.6 Å². The lowest BCUT2D eigenvalue weighted by atomic mass is 10.1. The van der Waals surface area contributed by atoms with E-state index >= 15 is 0 Å². The molecule has 0 bridgehead atoms. The smallest absolute Gasteiger partial charge is 0.129 e. The summed E-state index contributed by atoms with van der Waals surface area (Å²) in [7, 11) is 0. The molecule has 0 radical (unpaired) electrons. The Bertz CT molecular complexity index is 355. The number of ether oxygens (including phenoxy) is 2. The molecule has 0 saturated carbocycles. The van der Waals surface area contributed by atoms with E-state index in [2.05, 4.69) is 26.1 Å². The highest BCUT2D eigenvalue weighted by atomic mass is 16.5. The van der Waals surface area contributed by atoms with Gasteiger partial charge in [-0.3, -0.25) is 0 Å². The Morgan fingerprint density at radius 1 is 1.26 bits per heavy atom. The first-order chi connectivity index (χ1) is 8.90. The van der Waals surface area contributed by atoms with Crippen LogP contribution in [0.15, 0.2) is 16.5 Å². The van der Waals surface area contributed by atoms with E-state index in [1.807, 2.05) is 26.0 Å². The van der Waals surface area contributed by atoms with Crippen molar-refractivity contribution in [2.75, 3.05) is 13.2 Å². The second-order valence-corrected chi connectivity index (χ2v) is 5.75. The van der Waals surface area contributed by atoms with Gasteiger partial charge in [0.25, 0.3) is 0 Å². The van der Waals surface area contributed by atoms with Crippen molar-refractivity contribution in [3.8, 4) is 0 Å². The van der Waals surface area contributed by atoms with Gasteiger partial charge >= 0.3 is 0 Å². The second kappa shape index (κ2) is 7.68. The summed E-state index contributed by atoms with van der Waals surface area (Å²) in [5.41, 5.74) is 0.0927. The summed E-state index contributed by atoms with van der Waals surface area (Å²) in [4.78, 5) is 0. The predicted octanol–water partition coefficient (Wildman–Crippen LogP) is 3.11.